The van der Waals surface area contributed by atoms with Crippen LogP contribution in [-0.2, 0) is 0 Å². The van der Waals surface area contributed by atoms with Crippen molar-refractivity contribution in [1.82, 2.24) is 15.2 Å². The molecule has 0 spiro atoms. The van der Waals surface area contributed by atoms with E-state index in [-0.39, 0.29) is 0 Å². The Bertz CT molecular complexity index is 960. The van der Waals surface area contributed by atoms with Gasteiger partial charge in [0, 0.05) is 22.0 Å². The summed E-state index contributed by atoms with van der Waals surface area (Å²) >= 11 is 1.57. The molecule has 0 radical (unpaired) electrons. The molecule has 0 fully saturated rings. The maximum atomic E-state index is 5.26. The number of hydrogen-bond acceptors (Lipinski definition) is 5. The summed E-state index contributed by atoms with van der Waals surface area (Å²) in [4.78, 5) is 4.65. The van der Waals surface area contributed by atoms with Crippen LogP contribution in [-0.4, -0.2) is 22.3 Å². The Morgan fingerprint density at radius 3 is 3.04 bits per heavy atom. The lowest BCUT2D eigenvalue weighted by Gasteiger charge is -2.03. The third-order valence-corrected chi connectivity index (χ3v) is 4.32. The highest BCUT2D eigenvalue weighted by Crippen LogP contribution is 2.29. The predicted octanol–water partition coefficient (Wildman–Crippen LogP) is 4.44. The van der Waals surface area contributed by atoms with Crippen molar-refractivity contribution in [3.05, 3.63) is 54.0 Å². The normalized spacial score (nSPS) is 10.8. The number of anilines is 2. The maximum Gasteiger partial charge on any atom is 0.187 e. The Balaban J connectivity index is 1.59. The van der Waals surface area contributed by atoms with Gasteiger partial charge in [0.1, 0.15) is 5.75 Å². The molecule has 4 rings (SSSR count). The Morgan fingerprint density at radius 1 is 1.17 bits per heavy atom. The topological polar surface area (TPSA) is 62.8 Å². The number of aromatic amines is 1. The second kappa shape index (κ2) is 5.73. The maximum absolute atomic E-state index is 5.26. The van der Waals surface area contributed by atoms with Gasteiger partial charge in [-0.05, 0) is 30.3 Å². The summed E-state index contributed by atoms with van der Waals surface area (Å²) < 4.78 is 5.26. The van der Waals surface area contributed by atoms with E-state index in [2.05, 4.69) is 20.5 Å². The highest BCUT2D eigenvalue weighted by atomic mass is 32.1. The van der Waals surface area contributed by atoms with Gasteiger partial charge >= 0.3 is 0 Å². The van der Waals surface area contributed by atoms with E-state index in [1.807, 2.05) is 54.0 Å². The summed E-state index contributed by atoms with van der Waals surface area (Å²) in [6, 6.07) is 14.0. The largest absolute Gasteiger partial charge is 0.497 e. The van der Waals surface area contributed by atoms with E-state index in [1.165, 1.54) is 0 Å². The van der Waals surface area contributed by atoms with Crippen molar-refractivity contribution in [2.45, 2.75) is 0 Å². The van der Waals surface area contributed by atoms with Gasteiger partial charge in [-0.1, -0.05) is 12.1 Å². The van der Waals surface area contributed by atoms with Crippen LogP contribution in [0.5, 0.6) is 5.75 Å². The highest BCUT2D eigenvalue weighted by Gasteiger charge is 2.06. The molecule has 5 nitrogen and oxygen atoms in total. The summed E-state index contributed by atoms with van der Waals surface area (Å²) in [6.45, 7) is 0. The minimum atomic E-state index is 0.829. The fourth-order valence-electron chi connectivity index (χ4n) is 2.39. The number of fused-ring (bicyclic) bond motifs is 1. The summed E-state index contributed by atoms with van der Waals surface area (Å²) in [5.74, 6) is 0.829. The second-order valence-corrected chi connectivity index (χ2v) is 5.92. The number of nitrogens with one attached hydrogen (secondary N) is 2. The van der Waals surface area contributed by atoms with E-state index in [0.717, 1.165) is 38.7 Å². The number of benzene rings is 2. The van der Waals surface area contributed by atoms with Crippen molar-refractivity contribution >= 4 is 33.1 Å². The molecule has 2 aromatic heterocycles. The number of aromatic nitrogens is 3. The zero-order valence-corrected chi connectivity index (χ0v) is 13.2. The fraction of sp³-hybridized carbons (Fsp3) is 0.0588. The SMILES string of the molecule is COc1cccc(-c2csc(Nc3ccc4[nH]ncc4c3)n2)c1. The molecule has 114 valence electrons. The molecule has 0 saturated heterocycles. The molecule has 0 atom stereocenters. The molecule has 0 aliphatic carbocycles. The average Bonchev–Trinajstić information content (AvgIpc) is 3.24. The first-order valence-electron chi connectivity index (χ1n) is 7.12. The quantitative estimate of drug-likeness (QED) is 0.583. The molecule has 2 aromatic carbocycles. The van der Waals surface area contributed by atoms with Crippen LogP contribution >= 0.6 is 11.3 Å². The number of H-pyrrole nitrogens is 1. The molecule has 6 heteroatoms. The van der Waals surface area contributed by atoms with Gasteiger partial charge in [-0.25, -0.2) is 4.98 Å². The first kappa shape index (κ1) is 13.8. The smallest absolute Gasteiger partial charge is 0.187 e. The van der Waals surface area contributed by atoms with Gasteiger partial charge in [-0.3, -0.25) is 5.10 Å². The van der Waals surface area contributed by atoms with Crippen LogP contribution < -0.4 is 10.1 Å². The van der Waals surface area contributed by atoms with Crippen LogP contribution in [0, 0.1) is 0 Å². The molecule has 0 aliphatic rings. The van der Waals surface area contributed by atoms with Gasteiger partial charge in [0.15, 0.2) is 5.13 Å². The van der Waals surface area contributed by atoms with Gasteiger partial charge in [-0.2, -0.15) is 5.10 Å². The first-order chi connectivity index (χ1) is 11.3. The Labute approximate surface area is 137 Å². The Kier molecular flexibility index (Phi) is 3.44. The summed E-state index contributed by atoms with van der Waals surface area (Å²) in [7, 11) is 1.67. The van der Waals surface area contributed by atoms with Gasteiger partial charge in [0.05, 0.1) is 24.5 Å². The molecule has 4 aromatic rings. The van der Waals surface area contributed by atoms with Gasteiger partial charge < -0.3 is 10.1 Å². The van der Waals surface area contributed by atoms with E-state index in [1.54, 1.807) is 18.4 Å². The predicted molar refractivity (Wildman–Crippen MR) is 93.5 cm³/mol. The monoisotopic (exact) mass is 322 g/mol. The Morgan fingerprint density at radius 2 is 2.13 bits per heavy atom. The second-order valence-electron chi connectivity index (χ2n) is 5.07. The van der Waals surface area contributed by atoms with E-state index in [9.17, 15) is 0 Å². The van der Waals surface area contributed by atoms with Crippen LogP contribution in [0.25, 0.3) is 22.2 Å². The lowest BCUT2D eigenvalue weighted by atomic mass is 10.2. The molecule has 0 aliphatic heterocycles. The molecule has 2 N–H and O–H groups in total. The molecule has 0 amide bonds. The summed E-state index contributed by atoms with van der Waals surface area (Å²) in [6.07, 6.45) is 1.81. The van der Waals surface area contributed by atoms with Gasteiger partial charge in [0.25, 0.3) is 0 Å². The number of nitrogens with zero attached hydrogens (tertiary/aromatic N) is 2. The number of thiazole rings is 1. The van der Waals surface area contributed by atoms with Crippen LogP contribution in [0.2, 0.25) is 0 Å². The standard InChI is InChI=1S/C17H14N4OS/c1-22-14-4-2-3-11(8-14)16-10-23-17(20-16)19-13-5-6-15-12(7-13)9-18-21-15/h2-10H,1H3,(H,18,21)(H,19,20). The number of methoxy groups -OCH3 is 1. The van der Waals surface area contributed by atoms with E-state index in [4.69, 9.17) is 4.74 Å². The lowest BCUT2D eigenvalue weighted by molar-refractivity contribution is 0.415. The fourth-order valence-corrected chi connectivity index (χ4v) is 3.13. The van der Waals surface area contributed by atoms with E-state index in [0.29, 0.717) is 0 Å². The first-order valence-corrected chi connectivity index (χ1v) is 8.00. The van der Waals surface area contributed by atoms with E-state index >= 15 is 0 Å². The van der Waals surface area contributed by atoms with Crippen molar-refractivity contribution in [2.75, 3.05) is 12.4 Å². The van der Waals surface area contributed by atoms with Crippen LogP contribution in [0.3, 0.4) is 0 Å². The highest BCUT2D eigenvalue weighted by molar-refractivity contribution is 7.14. The lowest BCUT2D eigenvalue weighted by Crippen LogP contribution is -1.89. The van der Waals surface area contributed by atoms with Crippen LogP contribution in [0.4, 0.5) is 10.8 Å². The molecular weight excluding hydrogens is 308 g/mol. The summed E-state index contributed by atoms with van der Waals surface area (Å²) in [5, 5.41) is 14.3. The van der Waals surface area contributed by atoms with Crippen LogP contribution in [0.1, 0.15) is 0 Å². The number of hydrogen-bond donors (Lipinski definition) is 2. The zero-order valence-electron chi connectivity index (χ0n) is 12.4. The minimum absolute atomic E-state index is 0.829. The van der Waals surface area contributed by atoms with Crippen molar-refractivity contribution in [3.8, 4) is 17.0 Å². The molecule has 2 heterocycles. The molecule has 0 saturated carbocycles. The molecular formula is C17H14N4OS. The zero-order chi connectivity index (χ0) is 15.6. The van der Waals surface area contributed by atoms with Crippen LogP contribution in [0.15, 0.2) is 54.0 Å². The molecule has 0 unspecified atom stereocenters. The minimum Gasteiger partial charge on any atom is -0.497 e. The van der Waals surface area contributed by atoms with Gasteiger partial charge in [-0.15, -0.1) is 11.3 Å². The third-order valence-electron chi connectivity index (χ3n) is 3.56. The van der Waals surface area contributed by atoms with E-state index < -0.39 is 0 Å². The average molecular weight is 322 g/mol. The van der Waals surface area contributed by atoms with Crippen molar-refractivity contribution in [1.29, 1.82) is 0 Å². The Hall–Kier alpha value is -2.86. The van der Waals surface area contributed by atoms with Crippen molar-refractivity contribution in [2.24, 2.45) is 0 Å². The summed E-state index contributed by atoms with van der Waals surface area (Å²) in [5.41, 5.74) is 3.98. The number of rotatable bonds is 4. The third kappa shape index (κ3) is 2.76. The molecule has 23 heavy (non-hydrogen) atoms. The molecule has 0 bridgehead atoms. The number of ether oxygens (including phenoxy) is 1. The van der Waals surface area contributed by atoms with Crippen molar-refractivity contribution < 1.29 is 4.74 Å². The van der Waals surface area contributed by atoms with Gasteiger partial charge in [0.2, 0.25) is 0 Å². The van der Waals surface area contributed by atoms with Crippen molar-refractivity contribution in [3.63, 3.8) is 0 Å².